The molecule has 6 heteroatoms. The molecule has 0 aromatic heterocycles. The largest absolute Gasteiger partial charge is 0.507 e. The second kappa shape index (κ2) is 6.49. The van der Waals surface area contributed by atoms with E-state index in [1.165, 1.54) is 13.2 Å². The first-order valence-corrected chi connectivity index (χ1v) is 6.86. The molecule has 2 aromatic carbocycles. The van der Waals surface area contributed by atoms with E-state index in [1.807, 2.05) is 0 Å². The minimum Gasteiger partial charge on any atom is -0.507 e. The number of hydrogen-bond acceptors (Lipinski definition) is 4. The second-order valence-electron chi connectivity index (χ2n) is 4.18. The number of phenolic OH excluding ortho intramolecular Hbond substituents is 1. The van der Waals surface area contributed by atoms with Crippen LogP contribution in [0.5, 0.6) is 17.2 Å². The maximum absolute atomic E-state index is 12.2. The van der Waals surface area contributed by atoms with Gasteiger partial charge in [-0.25, -0.2) is 0 Å². The molecule has 0 spiro atoms. The number of carbonyl (C=O) groups excluding carboxylic acids is 1. The highest BCUT2D eigenvalue weighted by molar-refractivity contribution is 9.10. The Bertz CT molecular complexity index is 673. The summed E-state index contributed by atoms with van der Waals surface area (Å²) in [7, 11) is 3.05. The summed E-state index contributed by atoms with van der Waals surface area (Å²) < 4.78 is 11.0. The summed E-state index contributed by atoms with van der Waals surface area (Å²) in [6.07, 6.45) is 0. The molecule has 0 bridgehead atoms. The van der Waals surface area contributed by atoms with Gasteiger partial charge in [-0.05, 0) is 30.3 Å². The second-order valence-corrected chi connectivity index (χ2v) is 5.10. The SMILES string of the molecule is COc1ccc(NC(=O)c2cc(Br)ccc2O)c(OC)c1. The number of hydrogen-bond donors (Lipinski definition) is 2. The van der Waals surface area contributed by atoms with Gasteiger partial charge in [-0.15, -0.1) is 0 Å². The lowest BCUT2D eigenvalue weighted by Gasteiger charge is -2.12. The molecular weight excluding hydrogens is 338 g/mol. The van der Waals surface area contributed by atoms with E-state index in [1.54, 1.807) is 37.4 Å². The highest BCUT2D eigenvalue weighted by Crippen LogP contribution is 2.30. The van der Waals surface area contributed by atoms with Gasteiger partial charge in [0, 0.05) is 10.5 Å². The van der Waals surface area contributed by atoms with Crippen molar-refractivity contribution in [2.45, 2.75) is 0 Å². The van der Waals surface area contributed by atoms with E-state index in [-0.39, 0.29) is 11.3 Å². The molecule has 0 aliphatic rings. The van der Waals surface area contributed by atoms with Gasteiger partial charge in [-0.1, -0.05) is 15.9 Å². The molecule has 1 amide bonds. The highest BCUT2D eigenvalue weighted by atomic mass is 79.9. The van der Waals surface area contributed by atoms with Gasteiger partial charge in [0.05, 0.1) is 25.5 Å². The fourth-order valence-electron chi connectivity index (χ4n) is 1.78. The van der Waals surface area contributed by atoms with E-state index in [0.29, 0.717) is 21.7 Å². The summed E-state index contributed by atoms with van der Waals surface area (Å²) in [4.78, 5) is 12.2. The van der Waals surface area contributed by atoms with Crippen LogP contribution in [-0.2, 0) is 0 Å². The van der Waals surface area contributed by atoms with E-state index in [2.05, 4.69) is 21.2 Å². The first-order valence-electron chi connectivity index (χ1n) is 6.07. The zero-order valence-corrected chi connectivity index (χ0v) is 13.1. The van der Waals surface area contributed by atoms with Crippen LogP contribution in [0.4, 0.5) is 5.69 Å². The van der Waals surface area contributed by atoms with Crippen molar-refractivity contribution in [3.05, 3.63) is 46.4 Å². The van der Waals surface area contributed by atoms with Crippen molar-refractivity contribution in [1.29, 1.82) is 0 Å². The van der Waals surface area contributed by atoms with E-state index in [9.17, 15) is 9.90 Å². The third-order valence-corrected chi connectivity index (χ3v) is 3.35. The number of benzene rings is 2. The zero-order chi connectivity index (χ0) is 15.4. The third-order valence-electron chi connectivity index (χ3n) is 2.86. The molecule has 110 valence electrons. The Kier molecular flexibility index (Phi) is 4.70. The number of amides is 1. The normalized spacial score (nSPS) is 10.0. The van der Waals surface area contributed by atoms with Crippen molar-refractivity contribution < 1.29 is 19.4 Å². The molecule has 0 aliphatic carbocycles. The average molecular weight is 352 g/mol. The van der Waals surface area contributed by atoms with Gasteiger partial charge < -0.3 is 19.9 Å². The van der Waals surface area contributed by atoms with E-state index in [4.69, 9.17) is 9.47 Å². The van der Waals surface area contributed by atoms with Crippen LogP contribution in [0.2, 0.25) is 0 Å². The summed E-state index contributed by atoms with van der Waals surface area (Å²) in [5.41, 5.74) is 0.657. The van der Waals surface area contributed by atoms with Gasteiger partial charge in [-0.3, -0.25) is 4.79 Å². The molecule has 0 heterocycles. The van der Waals surface area contributed by atoms with Crippen molar-refractivity contribution in [1.82, 2.24) is 0 Å². The molecule has 0 radical (unpaired) electrons. The van der Waals surface area contributed by atoms with Gasteiger partial charge in [0.25, 0.3) is 5.91 Å². The molecule has 0 fully saturated rings. The van der Waals surface area contributed by atoms with Crippen molar-refractivity contribution in [2.75, 3.05) is 19.5 Å². The fourth-order valence-corrected chi connectivity index (χ4v) is 2.14. The molecule has 2 N–H and O–H groups in total. The van der Waals surface area contributed by atoms with Gasteiger partial charge in [0.2, 0.25) is 0 Å². The molecule has 0 atom stereocenters. The van der Waals surface area contributed by atoms with Crippen LogP contribution < -0.4 is 14.8 Å². The number of aromatic hydroxyl groups is 1. The molecule has 0 aliphatic heterocycles. The summed E-state index contributed by atoms with van der Waals surface area (Å²) in [5.74, 6) is 0.563. The predicted octanol–water partition coefficient (Wildman–Crippen LogP) is 3.42. The van der Waals surface area contributed by atoms with Crippen molar-refractivity contribution in [2.24, 2.45) is 0 Å². The Hall–Kier alpha value is -2.21. The number of ether oxygens (including phenoxy) is 2. The third kappa shape index (κ3) is 3.46. The van der Waals surface area contributed by atoms with Crippen LogP contribution in [0.3, 0.4) is 0 Å². The first-order chi connectivity index (χ1) is 10.0. The van der Waals surface area contributed by atoms with Gasteiger partial charge in [-0.2, -0.15) is 0 Å². The average Bonchev–Trinajstić information content (AvgIpc) is 2.49. The number of nitrogens with one attached hydrogen (secondary N) is 1. The standard InChI is InChI=1S/C15H14BrNO4/c1-20-10-4-5-12(14(8-10)21-2)17-15(19)11-7-9(16)3-6-13(11)18/h3-8,18H,1-2H3,(H,17,19). The maximum Gasteiger partial charge on any atom is 0.259 e. The number of methoxy groups -OCH3 is 2. The topological polar surface area (TPSA) is 67.8 Å². The molecule has 5 nitrogen and oxygen atoms in total. The summed E-state index contributed by atoms with van der Waals surface area (Å²) >= 11 is 3.26. The molecule has 0 saturated carbocycles. The van der Waals surface area contributed by atoms with Crippen molar-refractivity contribution >= 4 is 27.5 Å². The monoisotopic (exact) mass is 351 g/mol. The highest BCUT2D eigenvalue weighted by Gasteiger charge is 2.14. The van der Waals surface area contributed by atoms with Crippen LogP contribution in [0.1, 0.15) is 10.4 Å². The zero-order valence-electron chi connectivity index (χ0n) is 11.5. The lowest BCUT2D eigenvalue weighted by Crippen LogP contribution is -2.13. The smallest absolute Gasteiger partial charge is 0.259 e. The molecular formula is C15H14BrNO4. The molecule has 21 heavy (non-hydrogen) atoms. The van der Waals surface area contributed by atoms with Crippen LogP contribution >= 0.6 is 15.9 Å². The van der Waals surface area contributed by atoms with Gasteiger partial charge in [0.15, 0.2) is 0 Å². The van der Waals surface area contributed by atoms with Crippen molar-refractivity contribution in [3.63, 3.8) is 0 Å². The maximum atomic E-state index is 12.2. The Morgan fingerprint density at radius 2 is 1.90 bits per heavy atom. The summed E-state index contributed by atoms with van der Waals surface area (Å²) in [6, 6.07) is 9.69. The minimum atomic E-state index is -0.433. The fraction of sp³-hybridized carbons (Fsp3) is 0.133. The number of phenols is 1. The lowest BCUT2D eigenvalue weighted by molar-refractivity contribution is 0.102. The number of anilines is 1. The minimum absolute atomic E-state index is 0.0943. The van der Waals surface area contributed by atoms with Crippen LogP contribution in [0.25, 0.3) is 0 Å². The van der Waals surface area contributed by atoms with E-state index >= 15 is 0 Å². The first kappa shape index (κ1) is 15.2. The summed E-state index contributed by atoms with van der Waals surface area (Å²) in [6.45, 7) is 0. The number of carbonyl (C=O) groups is 1. The Labute approximate surface area is 130 Å². The molecule has 2 aromatic rings. The Balaban J connectivity index is 2.29. The predicted molar refractivity (Wildman–Crippen MR) is 83.3 cm³/mol. The number of halogens is 1. The van der Waals surface area contributed by atoms with Crippen LogP contribution in [0.15, 0.2) is 40.9 Å². The van der Waals surface area contributed by atoms with Crippen LogP contribution in [-0.4, -0.2) is 25.2 Å². The van der Waals surface area contributed by atoms with Gasteiger partial charge in [0.1, 0.15) is 17.2 Å². The Morgan fingerprint density at radius 1 is 1.14 bits per heavy atom. The number of rotatable bonds is 4. The van der Waals surface area contributed by atoms with Crippen LogP contribution in [0, 0.1) is 0 Å². The van der Waals surface area contributed by atoms with Crippen molar-refractivity contribution in [3.8, 4) is 17.2 Å². The summed E-state index contributed by atoms with van der Waals surface area (Å²) in [5, 5.41) is 12.5. The lowest BCUT2D eigenvalue weighted by atomic mass is 10.2. The van der Waals surface area contributed by atoms with E-state index < -0.39 is 5.91 Å². The quantitative estimate of drug-likeness (QED) is 0.885. The molecule has 2 rings (SSSR count). The molecule has 0 unspecified atom stereocenters. The molecule has 0 saturated heterocycles. The van der Waals surface area contributed by atoms with Gasteiger partial charge >= 0.3 is 0 Å². The Morgan fingerprint density at radius 3 is 2.57 bits per heavy atom. The van der Waals surface area contributed by atoms with E-state index in [0.717, 1.165) is 0 Å².